The highest BCUT2D eigenvalue weighted by Crippen LogP contribution is 2.20. The molecule has 0 saturated carbocycles. The second kappa shape index (κ2) is 27.4. The fourth-order valence-corrected chi connectivity index (χ4v) is 3.27. The Hall–Kier alpha value is -2.22. The molecule has 1 aliphatic rings. The van der Waals surface area contributed by atoms with Gasteiger partial charge in [0.1, 0.15) is 11.9 Å². The number of rotatable bonds is 16. The van der Waals surface area contributed by atoms with Crippen LogP contribution in [0.3, 0.4) is 0 Å². The number of nitrogens with zero attached hydrogens (tertiary/aromatic N) is 3. The van der Waals surface area contributed by atoms with Crippen LogP contribution in [0.2, 0.25) is 0 Å². The Bertz CT molecular complexity index is 659. The van der Waals surface area contributed by atoms with Gasteiger partial charge < -0.3 is 24.8 Å². The van der Waals surface area contributed by atoms with Crippen LogP contribution in [0, 0.1) is 0 Å². The lowest BCUT2D eigenvalue weighted by Crippen LogP contribution is -2.30. The highest BCUT2D eigenvalue weighted by atomic mass is 16.5. The summed E-state index contributed by atoms with van der Waals surface area (Å²) in [5.74, 6) is 0.833. The van der Waals surface area contributed by atoms with Gasteiger partial charge in [-0.25, -0.2) is 4.99 Å². The predicted octanol–water partition coefficient (Wildman–Crippen LogP) is 6.63. The van der Waals surface area contributed by atoms with Crippen LogP contribution >= 0.6 is 0 Å². The topological polar surface area (TPSA) is 81.7 Å². The molecule has 2 N–H and O–H groups in total. The average molecular weight is 507 g/mol. The van der Waals surface area contributed by atoms with E-state index in [9.17, 15) is 0 Å². The van der Waals surface area contributed by atoms with E-state index in [2.05, 4.69) is 47.9 Å². The summed E-state index contributed by atoms with van der Waals surface area (Å²) in [6.45, 7) is 17.2. The van der Waals surface area contributed by atoms with E-state index < -0.39 is 0 Å². The average Bonchev–Trinajstić information content (AvgIpc) is 3.10. The maximum absolute atomic E-state index is 6.01. The minimum Gasteiger partial charge on any atom is -0.390 e. The standard InChI is InChI=1S/C22H36N4O.C5H12O2.C2H6/c1-5-8-16-26(20(11-6-2)12-7-3)22(25-18-23)14-17-27-21-13-9-10-15-24-19(21)4;1-3-7-5-4-6-2;1-2/h8-10,13-16,18,20-21H,5-7,11-12,17H2,1-4H3,(H2,23,25);3-5H2,1-2H3;1-2H3/b16-8-,22-14+;;. The number of hydrogen-bond acceptors (Lipinski definition) is 6. The molecule has 0 spiro atoms. The second-order valence-corrected chi connectivity index (χ2v) is 7.71. The summed E-state index contributed by atoms with van der Waals surface area (Å²) in [7, 11) is 1.67. The van der Waals surface area contributed by atoms with E-state index >= 15 is 0 Å². The summed E-state index contributed by atoms with van der Waals surface area (Å²) >= 11 is 0. The van der Waals surface area contributed by atoms with Gasteiger partial charge in [-0.15, -0.1) is 0 Å². The van der Waals surface area contributed by atoms with Gasteiger partial charge >= 0.3 is 0 Å². The van der Waals surface area contributed by atoms with Crippen LogP contribution in [0.4, 0.5) is 0 Å². The largest absolute Gasteiger partial charge is 0.390 e. The van der Waals surface area contributed by atoms with E-state index in [0.717, 1.165) is 50.2 Å². The molecule has 0 fully saturated rings. The van der Waals surface area contributed by atoms with E-state index in [4.69, 9.17) is 19.9 Å². The van der Waals surface area contributed by atoms with Crippen LogP contribution < -0.4 is 5.73 Å². The van der Waals surface area contributed by atoms with Gasteiger partial charge in [-0.2, -0.15) is 0 Å². The zero-order valence-electron chi connectivity index (χ0n) is 24.3. The van der Waals surface area contributed by atoms with Crippen molar-refractivity contribution in [1.82, 2.24) is 4.90 Å². The number of allylic oxidation sites excluding steroid dienone is 3. The molecular weight excluding hydrogens is 452 g/mol. The SMILES string of the molecule is CC.CC/C=C\N(C(=C/COC1C=CC=CN=C1C)/N=C\N)C(CCC)CCC.CCOCCOC. The molecule has 1 unspecified atom stereocenters. The zero-order chi connectivity index (χ0) is 27.4. The van der Waals surface area contributed by atoms with Gasteiger partial charge in [-0.1, -0.05) is 65.7 Å². The molecule has 1 atom stereocenters. The lowest BCUT2D eigenvalue weighted by atomic mass is 10.1. The molecule has 0 saturated heterocycles. The van der Waals surface area contributed by atoms with Crippen LogP contribution in [0.5, 0.6) is 0 Å². The van der Waals surface area contributed by atoms with E-state index in [0.29, 0.717) is 25.9 Å². The fourth-order valence-electron chi connectivity index (χ4n) is 3.27. The molecule has 0 bridgehead atoms. The first-order valence-corrected chi connectivity index (χ1v) is 13.5. The Labute approximate surface area is 221 Å². The van der Waals surface area contributed by atoms with Gasteiger partial charge in [0.25, 0.3) is 0 Å². The first-order valence-electron chi connectivity index (χ1n) is 13.5. The number of hydrogen-bond donors (Lipinski definition) is 1. The molecule has 1 heterocycles. The van der Waals surface area contributed by atoms with Crippen molar-refractivity contribution in [3.05, 3.63) is 48.6 Å². The predicted molar refractivity (Wildman–Crippen MR) is 156 cm³/mol. The number of methoxy groups -OCH3 is 1. The quantitative estimate of drug-likeness (QED) is 0.144. The van der Waals surface area contributed by atoms with Crippen molar-refractivity contribution in [2.45, 2.75) is 92.7 Å². The molecule has 0 aliphatic carbocycles. The summed E-state index contributed by atoms with van der Waals surface area (Å²) in [4.78, 5) is 11.0. The minimum absolute atomic E-state index is 0.124. The first kappa shape index (κ1) is 35.9. The molecule has 0 aromatic heterocycles. The molecule has 7 nitrogen and oxygen atoms in total. The smallest absolute Gasteiger partial charge is 0.132 e. The van der Waals surface area contributed by atoms with Gasteiger partial charge in [0, 0.05) is 37.9 Å². The maximum Gasteiger partial charge on any atom is 0.132 e. The van der Waals surface area contributed by atoms with E-state index in [-0.39, 0.29) is 6.10 Å². The Morgan fingerprint density at radius 3 is 2.39 bits per heavy atom. The molecule has 1 rings (SSSR count). The van der Waals surface area contributed by atoms with Gasteiger partial charge in [-0.3, -0.25) is 4.99 Å². The van der Waals surface area contributed by atoms with Crippen LogP contribution in [0.25, 0.3) is 0 Å². The highest BCUT2D eigenvalue weighted by molar-refractivity contribution is 5.89. The van der Waals surface area contributed by atoms with Crippen molar-refractivity contribution in [3.8, 4) is 0 Å². The number of nitrogens with two attached hydrogens (primary N) is 1. The second-order valence-electron chi connectivity index (χ2n) is 7.71. The summed E-state index contributed by atoms with van der Waals surface area (Å²) < 4.78 is 15.7. The van der Waals surface area contributed by atoms with Gasteiger partial charge in [0.2, 0.25) is 0 Å². The normalized spacial score (nSPS) is 15.4. The van der Waals surface area contributed by atoms with Crippen molar-refractivity contribution < 1.29 is 14.2 Å². The Morgan fingerprint density at radius 1 is 1.14 bits per heavy atom. The molecule has 7 heteroatoms. The molecular formula is C29H54N4O3. The first-order chi connectivity index (χ1) is 17.6. The van der Waals surface area contributed by atoms with E-state index in [1.165, 1.54) is 6.34 Å². The fraction of sp³-hybridized carbons (Fsp3) is 0.655. The maximum atomic E-state index is 6.01. The summed E-state index contributed by atoms with van der Waals surface area (Å²) in [5.41, 5.74) is 6.58. The third kappa shape index (κ3) is 18.1. The molecule has 0 amide bonds. The van der Waals surface area contributed by atoms with Gasteiger partial charge in [0.15, 0.2) is 0 Å². The number of aliphatic imine (C=N–C) groups is 2. The number of ether oxygens (including phenoxy) is 3. The van der Waals surface area contributed by atoms with Crippen molar-refractivity contribution in [2.75, 3.05) is 33.5 Å². The Balaban J connectivity index is 0. The van der Waals surface area contributed by atoms with Crippen LogP contribution in [0.1, 0.15) is 80.6 Å². The molecule has 208 valence electrons. The van der Waals surface area contributed by atoms with Crippen LogP contribution in [-0.2, 0) is 14.2 Å². The van der Waals surface area contributed by atoms with Crippen LogP contribution in [0.15, 0.2) is 58.6 Å². The molecule has 0 aromatic carbocycles. The monoisotopic (exact) mass is 506 g/mol. The lowest BCUT2D eigenvalue weighted by molar-refractivity contribution is 0.0777. The molecule has 36 heavy (non-hydrogen) atoms. The van der Waals surface area contributed by atoms with Gasteiger partial charge in [0.05, 0.1) is 26.2 Å². The molecule has 0 radical (unpaired) electrons. The lowest BCUT2D eigenvalue weighted by Gasteiger charge is -2.31. The van der Waals surface area contributed by atoms with Gasteiger partial charge in [-0.05, 0) is 45.3 Å². The summed E-state index contributed by atoms with van der Waals surface area (Å²) in [6, 6.07) is 0.406. The third-order valence-electron chi connectivity index (χ3n) is 4.96. The minimum atomic E-state index is -0.124. The highest BCUT2D eigenvalue weighted by Gasteiger charge is 2.17. The third-order valence-corrected chi connectivity index (χ3v) is 4.96. The molecule has 1 aliphatic heterocycles. The Kier molecular flexibility index (Phi) is 27.3. The summed E-state index contributed by atoms with van der Waals surface area (Å²) in [6.07, 6.45) is 20.7. The van der Waals surface area contributed by atoms with Crippen molar-refractivity contribution in [3.63, 3.8) is 0 Å². The molecule has 0 aromatic rings. The van der Waals surface area contributed by atoms with Crippen molar-refractivity contribution in [1.29, 1.82) is 0 Å². The van der Waals surface area contributed by atoms with Crippen LogP contribution in [-0.4, -0.2) is 62.6 Å². The Morgan fingerprint density at radius 2 is 1.83 bits per heavy atom. The van der Waals surface area contributed by atoms with E-state index in [1.807, 2.05) is 52.0 Å². The van der Waals surface area contributed by atoms with E-state index in [1.54, 1.807) is 13.3 Å². The summed E-state index contributed by atoms with van der Waals surface area (Å²) in [5, 5.41) is 0. The van der Waals surface area contributed by atoms with Crippen molar-refractivity contribution >= 4 is 12.1 Å². The zero-order valence-corrected chi connectivity index (χ0v) is 24.3. The van der Waals surface area contributed by atoms with Crippen molar-refractivity contribution in [2.24, 2.45) is 15.7 Å².